The number of hydrogen-bond acceptors (Lipinski definition) is 10. The van der Waals surface area contributed by atoms with Crippen LogP contribution in [0.25, 0.3) is 33.6 Å². The molecular formula is C45H54N8O8. The summed E-state index contributed by atoms with van der Waals surface area (Å²) in [7, 11) is 2.56. The molecule has 1 aliphatic carbocycles. The van der Waals surface area contributed by atoms with Gasteiger partial charge >= 0.3 is 18.2 Å². The van der Waals surface area contributed by atoms with E-state index in [1.54, 1.807) is 22.2 Å². The van der Waals surface area contributed by atoms with Crippen LogP contribution in [-0.2, 0) is 28.6 Å². The van der Waals surface area contributed by atoms with Crippen LogP contribution in [0.5, 0.6) is 0 Å². The number of carbonyl (C=O) groups is 5. The van der Waals surface area contributed by atoms with Crippen molar-refractivity contribution in [2.24, 2.45) is 11.8 Å². The van der Waals surface area contributed by atoms with E-state index in [0.717, 1.165) is 76.9 Å². The molecule has 4 amide bonds. The first-order chi connectivity index (χ1) is 29.4. The Morgan fingerprint density at radius 3 is 1.72 bits per heavy atom. The van der Waals surface area contributed by atoms with E-state index in [9.17, 15) is 24.0 Å². The Hall–Kier alpha value is -6.19. The number of H-pyrrole nitrogens is 2. The molecule has 4 N–H and O–H groups in total. The van der Waals surface area contributed by atoms with E-state index in [1.807, 2.05) is 45.9 Å². The summed E-state index contributed by atoms with van der Waals surface area (Å²) in [5.41, 5.74) is 7.30. The molecule has 3 saturated heterocycles. The lowest BCUT2D eigenvalue weighted by atomic mass is 9.73. The summed E-state index contributed by atoms with van der Waals surface area (Å²) in [5.74, 6) is 0.0876. The van der Waals surface area contributed by atoms with Crippen molar-refractivity contribution in [3.8, 4) is 33.6 Å². The van der Waals surface area contributed by atoms with Crippen molar-refractivity contribution in [1.82, 2.24) is 40.4 Å². The lowest BCUT2D eigenvalue weighted by Gasteiger charge is -2.39. The van der Waals surface area contributed by atoms with E-state index >= 15 is 0 Å². The molecule has 5 aliphatic rings. The largest absolute Gasteiger partial charge is 0.457 e. The number of methoxy groups -OCH3 is 2. The molecule has 0 saturated carbocycles. The predicted molar refractivity (Wildman–Crippen MR) is 224 cm³/mol. The normalized spacial score (nSPS) is 21.6. The van der Waals surface area contributed by atoms with Gasteiger partial charge in [0.2, 0.25) is 11.8 Å². The summed E-state index contributed by atoms with van der Waals surface area (Å²) in [6.45, 7) is 8.67. The average molecular weight is 835 g/mol. The molecule has 4 aliphatic heterocycles. The first-order valence-electron chi connectivity index (χ1n) is 21.3. The van der Waals surface area contributed by atoms with Crippen molar-refractivity contribution in [2.75, 3.05) is 27.3 Å². The maximum Gasteiger partial charge on any atom is 0.407 e. The van der Waals surface area contributed by atoms with E-state index in [2.05, 4.69) is 38.8 Å². The number of esters is 1. The third kappa shape index (κ3) is 7.83. The van der Waals surface area contributed by atoms with Crippen molar-refractivity contribution >= 4 is 30.0 Å². The molecule has 3 fully saturated rings. The zero-order chi connectivity index (χ0) is 43.1. The Balaban J connectivity index is 1.04. The van der Waals surface area contributed by atoms with Crippen molar-refractivity contribution in [3.05, 3.63) is 71.6 Å². The van der Waals surface area contributed by atoms with Gasteiger partial charge in [0, 0.05) is 24.2 Å². The number of imidazole rings is 2. The zero-order valence-electron chi connectivity index (χ0n) is 35.4. The van der Waals surface area contributed by atoms with Crippen LogP contribution >= 0.6 is 0 Å². The van der Waals surface area contributed by atoms with Crippen LogP contribution in [0, 0.1) is 11.8 Å². The van der Waals surface area contributed by atoms with E-state index in [-0.39, 0.29) is 47.8 Å². The van der Waals surface area contributed by atoms with Crippen LogP contribution in [0.4, 0.5) is 9.59 Å². The van der Waals surface area contributed by atoms with Gasteiger partial charge in [0.1, 0.15) is 29.8 Å². The minimum absolute atomic E-state index is 0.129. The number of nitrogens with one attached hydrogen (secondary N) is 4. The smallest absolute Gasteiger partial charge is 0.407 e. The van der Waals surface area contributed by atoms with E-state index < -0.39 is 30.2 Å². The monoisotopic (exact) mass is 834 g/mol. The zero-order valence-corrected chi connectivity index (χ0v) is 35.4. The predicted octanol–water partition coefficient (Wildman–Crippen LogP) is 6.70. The molecule has 6 atom stereocenters. The lowest BCUT2D eigenvalue weighted by molar-refractivity contribution is -0.159. The quantitative estimate of drug-likeness (QED) is 0.0931. The van der Waals surface area contributed by atoms with Crippen molar-refractivity contribution < 1.29 is 38.2 Å². The summed E-state index contributed by atoms with van der Waals surface area (Å²) in [4.78, 5) is 84.9. The van der Waals surface area contributed by atoms with Gasteiger partial charge in [0.25, 0.3) is 0 Å². The fourth-order valence-electron chi connectivity index (χ4n) is 9.54. The first kappa shape index (κ1) is 41.5. The Labute approximate surface area is 354 Å². The summed E-state index contributed by atoms with van der Waals surface area (Å²) in [6, 6.07) is 10.3. The third-order valence-corrected chi connectivity index (χ3v) is 12.7. The number of aromatic amines is 2. The number of likely N-dealkylation sites (tertiary alicyclic amines) is 2. The number of benzene rings is 2. The molecule has 0 spiro atoms. The van der Waals surface area contributed by atoms with Gasteiger partial charge in [0.05, 0.1) is 56.0 Å². The maximum absolute atomic E-state index is 13.8. The lowest BCUT2D eigenvalue weighted by Crippen LogP contribution is -2.51. The fraction of sp³-hybridized carbons (Fsp3) is 0.489. The Morgan fingerprint density at radius 2 is 1.20 bits per heavy atom. The minimum Gasteiger partial charge on any atom is -0.457 e. The summed E-state index contributed by atoms with van der Waals surface area (Å²) >= 11 is 0. The molecule has 2 bridgehead atoms. The molecule has 4 aromatic rings. The van der Waals surface area contributed by atoms with Crippen LogP contribution in [0.3, 0.4) is 0 Å². The van der Waals surface area contributed by atoms with Crippen molar-refractivity contribution in [1.29, 1.82) is 0 Å². The average Bonchev–Trinajstić information content (AvgIpc) is 4.11. The van der Waals surface area contributed by atoms with Gasteiger partial charge in [-0.15, -0.1) is 0 Å². The highest BCUT2D eigenvalue weighted by Crippen LogP contribution is 2.52. The van der Waals surface area contributed by atoms with Gasteiger partial charge in [-0.05, 0) is 72.6 Å². The summed E-state index contributed by atoms with van der Waals surface area (Å²) < 4.78 is 15.5. The van der Waals surface area contributed by atoms with Crippen molar-refractivity contribution in [2.45, 2.75) is 102 Å². The van der Waals surface area contributed by atoms with Crippen molar-refractivity contribution in [3.63, 3.8) is 0 Å². The molecule has 3 unspecified atom stereocenters. The number of amides is 4. The summed E-state index contributed by atoms with van der Waals surface area (Å²) in [6.07, 6.45) is 6.41. The Bertz CT molecular complexity index is 2320. The van der Waals surface area contributed by atoms with Crippen LogP contribution in [0.2, 0.25) is 0 Å². The maximum atomic E-state index is 13.8. The van der Waals surface area contributed by atoms with Crippen LogP contribution in [0.1, 0.15) is 113 Å². The van der Waals surface area contributed by atoms with Gasteiger partial charge < -0.3 is 44.6 Å². The van der Waals surface area contributed by atoms with Gasteiger partial charge in [0.15, 0.2) is 0 Å². The number of carbonyl (C=O) groups excluding carboxylic acids is 5. The molecular weight excluding hydrogens is 781 g/mol. The number of fused-ring (bicyclic) bond motifs is 2. The molecule has 16 nitrogen and oxygen atoms in total. The van der Waals surface area contributed by atoms with Gasteiger partial charge in [-0.3, -0.25) is 14.4 Å². The molecule has 322 valence electrons. The van der Waals surface area contributed by atoms with E-state index in [4.69, 9.17) is 24.2 Å². The van der Waals surface area contributed by atoms with Crippen LogP contribution < -0.4 is 10.6 Å². The Morgan fingerprint density at radius 1 is 0.689 bits per heavy atom. The minimum atomic E-state index is -0.739. The SMILES string of the molecule is COC(=O)NC(C(=O)N1CCC[C@@H]1c1ncc(-c2ccc(-c3ccc(-c4cnc([C@@H]5CCCN5C(=O)[C@@H](NC(=O)OC)C(C)C)[nH]4)cc3)c3c2C2CCC3OC2=O)[nH]1)C(C)C. The standard InChI is InChI=1S/C45H54N8O8/c1-23(2)37(50-44(57)59-5)41(54)52-19-7-9-32(52)39-46-21-30(48-39)26-13-11-25(12-14-26)27-15-16-28(35-29-17-18-34(36(27)35)61-43(29)56)31-22-47-40(49-31)33-10-8-20-53(33)42(55)38(24(3)4)51-45(58)60-6/h11-16,21-24,29,32-34,37-38H,7-10,17-20H2,1-6H3,(H,46,48)(H,47,49)(H,50,57)(H,51,58)/t29?,32-,33+,34?,37-,38?/m0/s1. The molecule has 61 heavy (non-hydrogen) atoms. The van der Waals surface area contributed by atoms with E-state index in [1.165, 1.54) is 14.2 Å². The molecule has 6 heterocycles. The third-order valence-electron chi connectivity index (χ3n) is 12.7. The molecule has 0 radical (unpaired) electrons. The fourth-order valence-corrected chi connectivity index (χ4v) is 9.54. The van der Waals surface area contributed by atoms with Gasteiger partial charge in [-0.2, -0.15) is 0 Å². The van der Waals surface area contributed by atoms with Gasteiger partial charge in [-0.1, -0.05) is 64.1 Å². The first-order valence-corrected chi connectivity index (χ1v) is 21.3. The van der Waals surface area contributed by atoms with Gasteiger partial charge in [-0.25, -0.2) is 19.6 Å². The molecule has 16 heteroatoms. The van der Waals surface area contributed by atoms with Crippen LogP contribution in [0.15, 0.2) is 48.8 Å². The highest BCUT2D eigenvalue weighted by molar-refractivity contribution is 5.90. The molecule has 2 aromatic carbocycles. The number of rotatable bonds is 11. The van der Waals surface area contributed by atoms with Crippen LogP contribution in [-0.4, -0.2) is 99.1 Å². The highest BCUT2D eigenvalue weighted by atomic mass is 16.6. The molecule has 2 aromatic heterocycles. The molecule has 9 rings (SSSR count). The number of alkyl carbamates (subject to hydrolysis) is 2. The number of nitrogens with zero attached hydrogens (tertiary/aromatic N) is 4. The van der Waals surface area contributed by atoms with E-state index in [0.29, 0.717) is 31.2 Å². The summed E-state index contributed by atoms with van der Waals surface area (Å²) in [5, 5.41) is 5.40. The Kier molecular flexibility index (Phi) is 11.6. The second kappa shape index (κ2) is 17.1. The number of ether oxygens (including phenoxy) is 3. The number of hydrogen-bond donors (Lipinski definition) is 4. The topological polar surface area (TPSA) is 201 Å². The number of aromatic nitrogens is 4. The second-order valence-corrected chi connectivity index (χ2v) is 17.1. The second-order valence-electron chi connectivity index (χ2n) is 17.1. The highest BCUT2D eigenvalue weighted by Gasteiger charge is 2.44.